The number of halogens is 1. The highest BCUT2D eigenvalue weighted by atomic mass is 127. The number of unbranched alkanes of at least 4 members (excludes halogenated alkanes) is 1. The van der Waals surface area contributed by atoms with Gasteiger partial charge in [0.25, 0.3) is 0 Å². The fraction of sp³-hybridized carbons (Fsp3) is 0.800. The average Bonchev–Trinajstić information content (AvgIpc) is 2.94. The molecule has 1 aliphatic rings. The zero-order valence-electron chi connectivity index (χ0n) is 14.3. The van der Waals surface area contributed by atoms with Gasteiger partial charge in [-0.3, -0.25) is 4.99 Å². The Labute approximate surface area is 150 Å². The summed E-state index contributed by atoms with van der Waals surface area (Å²) in [5, 5.41) is 11.1. The van der Waals surface area contributed by atoms with Crippen LogP contribution in [0.2, 0.25) is 0 Å². The second kappa shape index (κ2) is 7.61. The van der Waals surface area contributed by atoms with Gasteiger partial charge in [0.1, 0.15) is 12.7 Å². The number of aryl methyl sites for hydroxylation is 1. The Bertz CT molecular complexity index is 480. The summed E-state index contributed by atoms with van der Waals surface area (Å²) in [7, 11) is 1.86. The summed E-state index contributed by atoms with van der Waals surface area (Å²) >= 11 is 0. The molecule has 1 N–H and O–H groups in total. The number of nitrogens with one attached hydrogen (secondary N) is 1. The van der Waals surface area contributed by atoms with Gasteiger partial charge in [0.05, 0.1) is 0 Å². The molecule has 0 saturated carbocycles. The summed E-state index contributed by atoms with van der Waals surface area (Å²) in [6.45, 7) is 12.2. The molecule has 1 saturated heterocycles. The molecule has 1 aliphatic heterocycles. The van der Waals surface area contributed by atoms with Gasteiger partial charge in [-0.15, -0.1) is 34.2 Å². The molecule has 6 nitrogen and oxygen atoms in total. The van der Waals surface area contributed by atoms with Crippen LogP contribution in [0.5, 0.6) is 0 Å². The maximum Gasteiger partial charge on any atom is 0.194 e. The van der Waals surface area contributed by atoms with Crippen LogP contribution in [0.25, 0.3) is 0 Å². The summed E-state index contributed by atoms with van der Waals surface area (Å²) in [6.07, 6.45) is 5.74. The molecule has 0 spiro atoms. The molecule has 0 aliphatic carbocycles. The van der Waals surface area contributed by atoms with Crippen LogP contribution in [0.1, 0.15) is 40.5 Å². The van der Waals surface area contributed by atoms with Crippen molar-refractivity contribution in [1.29, 1.82) is 0 Å². The maximum absolute atomic E-state index is 4.43. The van der Waals surface area contributed by atoms with Crippen molar-refractivity contribution < 1.29 is 0 Å². The topological polar surface area (TPSA) is 58.3 Å². The van der Waals surface area contributed by atoms with E-state index in [2.05, 4.69) is 53.1 Å². The monoisotopic (exact) mass is 420 g/mol. The second-order valence-electron chi connectivity index (χ2n) is 6.91. The number of likely N-dealkylation sites (tertiary alicyclic amines) is 1. The van der Waals surface area contributed by atoms with Crippen LogP contribution in [0, 0.1) is 5.41 Å². The third-order valence-corrected chi connectivity index (χ3v) is 4.94. The zero-order valence-corrected chi connectivity index (χ0v) is 16.7. The predicted octanol–water partition coefficient (Wildman–Crippen LogP) is 2.37. The molecule has 1 fully saturated rings. The number of nitrogens with zero attached hydrogens (tertiary/aromatic N) is 5. The van der Waals surface area contributed by atoms with Crippen molar-refractivity contribution in [1.82, 2.24) is 25.0 Å². The minimum absolute atomic E-state index is 0. The molecule has 0 radical (unpaired) electrons. The summed E-state index contributed by atoms with van der Waals surface area (Å²) in [6, 6.07) is 0. The van der Waals surface area contributed by atoms with Gasteiger partial charge in [0.15, 0.2) is 5.96 Å². The minimum atomic E-state index is 0. The van der Waals surface area contributed by atoms with Gasteiger partial charge in [-0.1, -0.05) is 13.8 Å². The lowest BCUT2D eigenvalue weighted by molar-refractivity contribution is -0.0667. The van der Waals surface area contributed by atoms with Gasteiger partial charge in [-0.05, 0) is 26.7 Å². The van der Waals surface area contributed by atoms with E-state index in [9.17, 15) is 0 Å². The number of rotatable bonds is 5. The lowest BCUT2D eigenvalue weighted by Gasteiger charge is -2.62. The quantitative estimate of drug-likeness (QED) is 0.344. The first-order chi connectivity index (χ1) is 9.88. The summed E-state index contributed by atoms with van der Waals surface area (Å²) in [4.78, 5) is 6.79. The highest BCUT2D eigenvalue weighted by molar-refractivity contribution is 14.0. The van der Waals surface area contributed by atoms with Gasteiger partial charge in [0, 0.05) is 37.6 Å². The Hall–Kier alpha value is -0.860. The van der Waals surface area contributed by atoms with E-state index in [0.717, 1.165) is 38.4 Å². The number of aromatic nitrogens is 3. The van der Waals surface area contributed by atoms with Crippen LogP contribution in [0.3, 0.4) is 0 Å². The van der Waals surface area contributed by atoms with E-state index in [0.29, 0.717) is 5.41 Å². The number of guanidine groups is 1. The van der Waals surface area contributed by atoms with Crippen molar-refractivity contribution in [2.45, 2.75) is 52.6 Å². The highest BCUT2D eigenvalue weighted by Crippen LogP contribution is 2.46. The van der Waals surface area contributed by atoms with Crippen molar-refractivity contribution in [2.24, 2.45) is 10.4 Å². The van der Waals surface area contributed by atoms with Crippen molar-refractivity contribution >= 4 is 29.9 Å². The lowest BCUT2D eigenvalue weighted by Crippen LogP contribution is -2.72. The van der Waals surface area contributed by atoms with Crippen molar-refractivity contribution in [2.75, 3.05) is 20.1 Å². The summed E-state index contributed by atoms with van der Waals surface area (Å²) in [5.74, 6) is 1.02. The Morgan fingerprint density at radius 1 is 1.18 bits per heavy atom. The van der Waals surface area contributed by atoms with Crippen LogP contribution in [0.4, 0.5) is 0 Å². The largest absolute Gasteiger partial charge is 0.356 e. The van der Waals surface area contributed by atoms with Crippen LogP contribution in [0.15, 0.2) is 17.6 Å². The van der Waals surface area contributed by atoms with Crippen molar-refractivity contribution in [3.8, 4) is 0 Å². The van der Waals surface area contributed by atoms with Gasteiger partial charge < -0.3 is 14.8 Å². The summed E-state index contributed by atoms with van der Waals surface area (Å²) in [5.41, 5.74) is 0.483. The first-order valence-corrected chi connectivity index (χ1v) is 7.69. The number of aliphatic imine (C=N–C) groups is 1. The van der Waals surface area contributed by atoms with Gasteiger partial charge >= 0.3 is 0 Å². The number of hydrogen-bond acceptors (Lipinski definition) is 3. The van der Waals surface area contributed by atoms with E-state index < -0.39 is 0 Å². The van der Waals surface area contributed by atoms with Crippen molar-refractivity contribution in [3.05, 3.63) is 12.7 Å². The second-order valence-corrected chi connectivity index (χ2v) is 6.91. The van der Waals surface area contributed by atoms with Gasteiger partial charge in [0.2, 0.25) is 0 Å². The molecule has 2 rings (SSSR count). The fourth-order valence-corrected chi connectivity index (χ4v) is 2.65. The third-order valence-electron chi connectivity index (χ3n) is 4.94. The standard InChI is InChI=1S/C15H28N6.HI/c1-14(2)10-21(15(14,3)4)13(16-5)17-8-6-7-9-20-11-18-19-12-20;/h11-12H,6-10H2,1-5H3,(H,16,17);1H. The van der Waals surface area contributed by atoms with E-state index in [-0.39, 0.29) is 29.5 Å². The molecule has 0 amide bonds. The Kier molecular flexibility index (Phi) is 6.64. The molecule has 7 heteroatoms. The minimum Gasteiger partial charge on any atom is -0.356 e. The first-order valence-electron chi connectivity index (χ1n) is 7.69. The van der Waals surface area contributed by atoms with E-state index in [1.54, 1.807) is 12.7 Å². The van der Waals surface area contributed by atoms with Crippen LogP contribution in [-0.4, -0.2) is 51.3 Å². The Balaban J connectivity index is 0.00000242. The molecule has 0 atom stereocenters. The third kappa shape index (κ3) is 3.91. The predicted molar refractivity (Wildman–Crippen MR) is 101 cm³/mol. The molecular formula is C15H29IN6. The lowest BCUT2D eigenvalue weighted by atomic mass is 9.65. The van der Waals surface area contributed by atoms with Gasteiger partial charge in [-0.25, -0.2) is 0 Å². The zero-order chi connectivity index (χ0) is 15.5. The maximum atomic E-state index is 4.43. The molecule has 22 heavy (non-hydrogen) atoms. The smallest absolute Gasteiger partial charge is 0.194 e. The number of hydrogen-bond donors (Lipinski definition) is 1. The fourth-order valence-electron chi connectivity index (χ4n) is 2.65. The highest BCUT2D eigenvalue weighted by Gasteiger charge is 2.53. The van der Waals surface area contributed by atoms with E-state index in [4.69, 9.17) is 0 Å². The summed E-state index contributed by atoms with van der Waals surface area (Å²) < 4.78 is 2.01. The van der Waals surface area contributed by atoms with Crippen LogP contribution in [-0.2, 0) is 6.54 Å². The Morgan fingerprint density at radius 2 is 1.82 bits per heavy atom. The normalized spacial score (nSPS) is 19.3. The average molecular weight is 420 g/mol. The molecule has 0 bridgehead atoms. The SMILES string of the molecule is CN=C(NCCCCn1cnnc1)N1CC(C)(C)C1(C)C.I. The molecule has 1 aromatic rings. The molecule has 1 aromatic heterocycles. The van der Waals surface area contributed by atoms with Crippen LogP contribution >= 0.6 is 24.0 Å². The van der Waals surface area contributed by atoms with Crippen molar-refractivity contribution in [3.63, 3.8) is 0 Å². The van der Waals surface area contributed by atoms with E-state index >= 15 is 0 Å². The molecule has 0 aromatic carbocycles. The Morgan fingerprint density at radius 3 is 2.32 bits per heavy atom. The molecule has 0 unspecified atom stereocenters. The van der Waals surface area contributed by atoms with Gasteiger partial charge in [-0.2, -0.15) is 0 Å². The van der Waals surface area contributed by atoms with E-state index in [1.807, 2.05) is 11.6 Å². The molecule has 126 valence electrons. The first kappa shape index (κ1) is 19.2. The molecular weight excluding hydrogens is 391 g/mol. The van der Waals surface area contributed by atoms with E-state index in [1.165, 1.54) is 0 Å². The molecule has 2 heterocycles. The van der Waals surface area contributed by atoms with Crippen LogP contribution < -0.4 is 5.32 Å².